The quantitative estimate of drug-likeness (QED) is 0.690. The molecule has 1 aliphatic heterocycles. The van der Waals surface area contributed by atoms with Gasteiger partial charge in [-0.25, -0.2) is 0 Å². The van der Waals surface area contributed by atoms with Gasteiger partial charge in [-0.15, -0.1) is 0 Å². The van der Waals surface area contributed by atoms with E-state index in [4.69, 9.17) is 4.74 Å². The van der Waals surface area contributed by atoms with E-state index in [-0.39, 0.29) is 11.5 Å². The highest BCUT2D eigenvalue weighted by Gasteiger charge is 2.38. The fourth-order valence-corrected chi connectivity index (χ4v) is 2.19. The fraction of sp³-hybridized carbons (Fsp3) is 0.500. The zero-order valence-corrected chi connectivity index (χ0v) is 11.5. The number of fused-ring (bicyclic) bond motifs is 1. The van der Waals surface area contributed by atoms with Crippen molar-refractivity contribution >= 4 is 0 Å². The third kappa shape index (κ3) is 2.24. The first kappa shape index (κ1) is 12.2. The summed E-state index contributed by atoms with van der Waals surface area (Å²) in [4.78, 5) is 0. The lowest BCUT2D eigenvalue weighted by Crippen LogP contribution is -2.28. The number of benzene rings is 1. The highest BCUT2D eigenvalue weighted by atomic mass is 16.5. The van der Waals surface area contributed by atoms with Crippen molar-refractivity contribution in [2.75, 3.05) is 0 Å². The second kappa shape index (κ2) is 4.21. The predicted octanol–water partition coefficient (Wildman–Crippen LogP) is 4.25. The van der Waals surface area contributed by atoms with Gasteiger partial charge in [0.25, 0.3) is 0 Å². The molecule has 1 aliphatic rings. The lowest BCUT2D eigenvalue weighted by Gasteiger charge is -2.22. The highest BCUT2D eigenvalue weighted by molar-refractivity contribution is 5.46. The van der Waals surface area contributed by atoms with E-state index in [1.807, 2.05) is 0 Å². The standard InChI is InChI=1S/C16H22O/c1-11(2)6-7-13-8-9-15-14(10-13)16(4,5)12(3)17-15/h6,8-10,12H,7H2,1-5H3. The maximum Gasteiger partial charge on any atom is 0.123 e. The van der Waals surface area contributed by atoms with Crippen LogP contribution in [0.1, 0.15) is 45.7 Å². The number of hydrogen-bond acceptors (Lipinski definition) is 1. The van der Waals surface area contributed by atoms with Crippen molar-refractivity contribution in [3.05, 3.63) is 41.0 Å². The lowest BCUT2D eigenvalue weighted by atomic mass is 9.81. The van der Waals surface area contributed by atoms with E-state index >= 15 is 0 Å². The smallest absolute Gasteiger partial charge is 0.123 e. The van der Waals surface area contributed by atoms with E-state index < -0.39 is 0 Å². The Hall–Kier alpha value is -1.24. The molecule has 1 heteroatoms. The summed E-state index contributed by atoms with van der Waals surface area (Å²) in [6.45, 7) is 10.9. The van der Waals surface area contributed by atoms with Crippen LogP contribution in [0.15, 0.2) is 29.8 Å². The van der Waals surface area contributed by atoms with Crippen molar-refractivity contribution in [2.45, 2.75) is 52.6 Å². The third-order valence-corrected chi connectivity index (χ3v) is 3.80. The van der Waals surface area contributed by atoms with Crippen LogP contribution >= 0.6 is 0 Å². The van der Waals surface area contributed by atoms with E-state index in [0.29, 0.717) is 0 Å². The van der Waals surface area contributed by atoms with Crippen LogP contribution in [0.2, 0.25) is 0 Å². The van der Waals surface area contributed by atoms with Crippen molar-refractivity contribution in [1.82, 2.24) is 0 Å². The monoisotopic (exact) mass is 230 g/mol. The molecule has 0 amide bonds. The molecule has 1 unspecified atom stereocenters. The van der Waals surface area contributed by atoms with Crippen LogP contribution in [0, 0.1) is 0 Å². The second-order valence-electron chi connectivity index (χ2n) is 5.80. The van der Waals surface area contributed by atoms with E-state index in [2.05, 4.69) is 58.9 Å². The van der Waals surface area contributed by atoms with Gasteiger partial charge in [-0.1, -0.05) is 37.6 Å². The molecule has 0 spiro atoms. The average Bonchev–Trinajstić information content (AvgIpc) is 2.48. The molecule has 0 bridgehead atoms. The van der Waals surface area contributed by atoms with Crippen LogP contribution in [-0.2, 0) is 11.8 Å². The number of rotatable bonds is 2. The van der Waals surface area contributed by atoms with Gasteiger partial charge in [0.1, 0.15) is 11.9 Å². The van der Waals surface area contributed by atoms with E-state index in [1.54, 1.807) is 0 Å². The molecule has 1 aromatic carbocycles. The lowest BCUT2D eigenvalue weighted by molar-refractivity contribution is 0.185. The van der Waals surface area contributed by atoms with Crippen LogP contribution in [0.5, 0.6) is 5.75 Å². The first-order chi connectivity index (χ1) is 7.91. The normalized spacial score (nSPS) is 20.6. The minimum absolute atomic E-state index is 0.121. The van der Waals surface area contributed by atoms with Gasteiger partial charge in [-0.2, -0.15) is 0 Å². The zero-order chi connectivity index (χ0) is 12.6. The Morgan fingerprint density at radius 2 is 2.06 bits per heavy atom. The van der Waals surface area contributed by atoms with Crippen LogP contribution in [-0.4, -0.2) is 6.10 Å². The highest BCUT2D eigenvalue weighted by Crippen LogP contribution is 2.42. The number of hydrogen-bond donors (Lipinski definition) is 0. The summed E-state index contributed by atoms with van der Waals surface area (Å²) in [7, 11) is 0. The maximum absolute atomic E-state index is 5.89. The molecule has 1 heterocycles. The summed E-state index contributed by atoms with van der Waals surface area (Å²) in [5.41, 5.74) is 4.21. The third-order valence-electron chi connectivity index (χ3n) is 3.80. The van der Waals surface area contributed by atoms with Crippen molar-refractivity contribution in [1.29, 1.82) is 0 Å². The molecule has 2 rings (SSSR count). The van der Waals surface area contributed by atoms with Gasteiger partial charge in [-0.05, 0) is 38.8 Å². The Balaban J connectivity index is 2.32. The van der Waals surface area contributed by atoms with Gasteiger partial charge in [0.15, 0.2) is 0 Å². The number of ether oxygens (including phenoxy) is 1. The summed E-state index contributed by atoms with van der Waals surface area (Å²) in [5.74, 6) is 1.06. The molecule has 0 fully saturated rings. The maximum atomic E-state index is 5.89. The van der Waals surface area contributed by atoms with Gasteiger partial charge in [0.2, 0.25) is 0 Å². The largest absolute Gasteiger partial charge is 0.490 e. The topological polar surface area (TPSA) is 9.23 Å². The summed E-state index contributed by atoms with van der Waals surface area (Å²) in [5, 5.41) is 0. The van der Waals surface area contributed by atoms with Crippen LogP contribution in [0.3, 0.4) is 0 Å². The molecule has 0 radical (unpaired) electrons. The van der Waals surface area contributed by atoms with E-state index in [9.17, 15) is 0 Å². The zero-order valence-electron chi connectivity index (χ0n) is 11.5. The molecule has 1 aromatic rings. The summed E-state index contributed by atoms with van der Waals surface area (Å²) >= 11 is 0. The van der Waals surface area contributed by atoms with Crippen LogP contribution < -0.4 is 4.74 Å². The molecular formula is C16H22O. The molecule has 17 heavy (non-hydrogen) atoms. The van der Waals surface area contributed by atoms with Gasteiger partial charge in [-0.3, -0.25) is 0 Å². The fourth-order valence-electron chi connectivity index (χ4n) is 2.19. The van der Waals surface area contributed by atoms with Crippen molar-refractivity contribution in [2.24, 2.45) is 0 Å². The SMILES string of the molecule is CC(C)=CCc1ccc2c(c1)C(C)(C)C(C)O2. The first-order valence-electron chi connectivity index (χ1n) is 6.34. The van der Waals surface area contributed by atoms with Crippen molar-refractivity contribution in [3.63, 3.8) is 0 Å². The van der Waals surface area contributed by atoms with Crippen molar-refractivity contribution < 1.29 is 4.74 Å². The van der Waals surface area contributed by atoms with E-state index in [1.165, 1.54) is 16.7 Å². The number of allylic oxidation sites excluding steroid dienone is 2. The predicted molar refractivity (Wildman–Crippen MR) is 72.7 cm³/mol. The summed E-state index contributed by atoms with van der Waals surface area (Å²) in [6.07, 6.45) is 3.55. The minimum atomic E-state index is 0.121. The Kier molecular flexibility index (Phi) is 3.03. The van der Waals surface area contributed by atoms with Crippen molar-refractivity contribution in [3.8, 4) is 5.75 Å². The molecule has 0 saturated heterocycles. The van der Waals surface area contributed by atoms with Gasteiger partial charge in [0, 0.05) is 11.0 Å². The second-order valence-corrected chi connectivity index (χ2v) is 5.80. The van der Waals surface area contributed by atoms with Gasteiger partial charge < -0.3 is 4.74 Å². The summed E-state index contributed by atoms with van der Waals surface area (Å²) in [6, 6.07) is 6.60. The minimum Gasteiger partial charge on any atom is -0.490 e. The Labute approximate surface area is 104 Å². The summed E-state index contributed by atoms with van der Waals surface area (Å²) < 4.78 is 5.89. The average molecular weight is 230 g/mol. The molecule has 0 N–H and O–H groups in total. The van der Waals surface area contributed by atoms with Crippen LogP contribution in [0.25, 0.3) is 0 Å². The first-order valence-corrected chi connectivity index (χ1v) is 6.34. The van der Waals surface area contributed by atoms with E-state index in [0.717, 1.165) is 12.2 Å². The van der Waals surface area contributed by atoms with Gasteiger partial charge >= 0.3 is 0 Å². The molecule has 1 nitrogen and oxygen atoms in total. The molecule has 0 aliphatic carbocycles. The molecular weight excluding hydrogens is 208 g/mol. The Bertz CT molecular complexity index is 451. The van der Waals surface area contributed by atoms with Crippen LogP contribution in [0.4, 0.5) is 0 Å². The molecule has 0 saturated carbocycles. The Morgan fingerprint density at radius 1 is 1.35 bits per heavy atom. The Morgan fingerprint density at radius 3 is 2.71 bits per heavy atom. The molecule has 92 valence electrons. The molecule has 1 atom stereocenters. The molecule has 0 aromatic heterocycles. The van der Waals surface area contributed by atoms with Gasteiger partial charge in [0.05, 0.1) is 0 Å².